The average molecular weight is 236 g/mol. The van der Waals surface area contributed by atoms with E-state index in [1.54, 1.807) is 7.11 Å². The highest BCUT2D eigenvalue weighted by Gasteiger charge is 2.03. The van der Waals surface area contributed by atoms with E-state index in [1.807, 2.05) is 31.3 Å². The zero-order valence-electron chi connectivity index (χ0n) is 10.5. The molecule has 1 aromatic carbocycles. The summed E-state index contributed by atoms with van der Waals surface area (Å²) in [4.78, 5) is 11.6. The molecule has 0 radical (unpaired) electrons. The molecular formula is C13H20N2O2. The van der Waals surface area contributed by atoms with E-state index in [0.29, 0.717) is 13.0 Å². The number of nitrogens with one attached hydrogen (secondary N) is 2. The molecule has 0 unspecified atom stereocenters. The lowest BCUT2D eigenvalue weighted by Gasteiger charge is -2.06. The number of methoxy groups -OCH3 is 1. The number of hydrogen-bond acceptors (Lipinski definition) is 3. The zero-order chi connectivity index (χ0) is 12.5. The van der Waals surface area contributed by atoms with Crippen LogP contribution < -0.4 is 15.4 Å². The lowest BCUT2D eigenvalue weighted by atomic mass is 10.1. The number of amides is 1. The van der Waals surface area contributed by atoms with Gasteiger partial charge in [0.25, 0.3) is 0 Å². The third-order valence-electron chi connectivity index (χ3n) is 2.42. The van der Waals surface area contributed by atoms with Crippen LogP contribution in [0.4, 0.5) is 0 Å². The molecule has 1 rings (SSSR count). The molecular weight excluding hydrogens is 216 g/mol. The van der Waals surface area contributed by atoms with Crippen molar-refractivity contribution < 1.29 is 9.53 Å². The Bertz CT molecular complexity index is 353. The summed E-state index contributed by atoms with van der Waals surface area (Å²) in [6.45, 7) is 1.63. The first kappa shape index (κ1) is 13.5. The minimum Gasteiger partial charge on any atom is -0.497 e. The quantitative estimate of drug-likeness (QED) is 0.693. The van der Waals surface area contributed by atoms with Gasteiger partial charge in [-0.2, -0.15) is 0 Å². The van der Waals surface area contributed by atoms with E-state index in [4.69, 9.17) is 4.74 Å². The second kappa shape index (κ2) is 7.68. The van der Waals surface area contributed by atoms with Crippen LogP contribution in [0.2, 0.25) is 0 Å². The zero-order valence-corrected chi connectivity index (χ0v) is 10.5. The molecule has 0 aliphatic heterocycles. The minimum atomic E-state index is 0.0503. The van der Waals surface area contributed by atoms with E-state index in [1.165, 1.54) is 0 Å². The Kier molecular flexibility index (Phi) is 6.10. The van der Waals surface area contributed by atoms with Gasteiger partial charge >= 0.3 is 0 Å². The van der Waals surface area contributed by atoms with Crippen LogP contribution in [0.15, 0.2) is 24.3 Å². The fraction of sp³-hybridized carbons (Fsp3) is 0.462. The monoisotopic (exact) mass is 236 g/mol. The Labute approximate surface area is 102 Å². The number of hydrogen-bond donors (Lipinski definition) is 2. The van der Waals surface area contributed by atoms with Crippen LogP contribution in [0.1, 0.15) is 12.0 Å². The summed E-state index contributed by atoms with van der Waals surface area (Å²) in [6.07, 6.45) is 1.34. The van der Waals surface area contributed by atoms with Crippen molar-refractivity contribution in [1.29, 1.82) is 0 Å². The molecule has 0 heterocycles. The van der Waals surface area contributed by atoms with Gasteiger partial charge in [-0.3, -0.25) is 4.79 Å². The Hall–Kier alpha value is -1.55. The first-order valence-electron chi connectivity index (χ1n) is 5.80. The maximum absolute atomic E-state index is 11.6. The van der Waals surface area contributed by atoms with Gasteiger partial charge in [-0.15, -0.1) is 0 Å². The van der Waals surface area contributed by atoms with Crippen molar-refractivity contribution in [1.82, 2.24) is 10.6 Å². The average Bonchev–Trinajstić information content (AvgIpc) is 2.35. The van der Waals surface area contributed by atoms with Crippen molar-refractivity contribution in [3.63, 3.8) is 0 Å². The summed E-state index contributed by atoms with van der Waals surface area (Å²) in [5.74, 6) is 0.833. The maximum Gasteiger partial charge on any atom is 0.224 e. The highest BCUT2D eigenvalue weighted by atomic mass is 16.5. The molecule has 2 N–H and O–H groups in total. The maximum atomic E-state index is 11.6. The topological polar surface area (TPSA) is 50.4 Å². The van der Waals surface area contributed by atoms with E-state index >= 15 is 0 Å². The van der Waals surface area contributed by atoms with Crippen molar-refractivity contribution >= 4 is 5.91 Å². The SMILES string of the molecule is CNCCCNC(=O)Cc1cccc(OC)c1. The molecule has 0 bridgehead atoms. The van der Waals surface area contributed by atoms with Crippen molar-refractivity contribution in [2.45, 2.75) is 12.8 Å². The van der Waals surface area contributed by atoms with Crippen LogP contribution in [-0.4, -0.2) is 33.2 Å². The van der Waals surface area contributed by atoms with E-state index in [2.05, 4.69) is 10.6 Å². The molecule has 94 valence electrons. The summed E-state index contributed by atoms with van der Waals surface area (Å²) in [5.41, 5.74) is 0.968. The number of ether oxygens (including phenoxy) is 1. The summed E-state index contributed by atoms with van der Waals surface area (Å²) in [7, 11) is 3.52. The summed E-state index contributed by atoms with van der Waals surface area (Å²) < 4.78 is 5.11. The molecule has 0 saturated heterocycles. The molecule has 0 fully saturated rings. The second-order valence-electron chi connectivity index (χ2n) is 3.84. The Morgan fingerprint density at radius 2 is 2.18 bits per heavy atom. The fourth-order valence-electron chi connectivity index (χ4n) is 1.52. The highest BCUT2D eigenvalue weighted by Crippen LogP contribution is 2.12. The van der Waals surface area contributed by atoms with Crippen LogP contribution in [-0.2, 0) is 11.2 Å². The Balaban J connectivity index is 2.34. The van der Waals surface area contributed by atoms with Gasteiger partial charge in [0.05, 0.1) is 13.5 Å². The predicted octanol–water partition coefficient (Wildman–Crippen LogP) is 0.963. The molecule has 4 heteroatoms. The second-order valence-corrected chi connectivity index (χ2v) is 3.84. The molecule has 17 heavy (non-hydrogen) atoms. The van der Waals surface area contributed by atoms with Crippen LogP contribution in [0, 0.1) is 0 Å². The molecule has 0 aliphatic rings. The Morgan fingerprint density at radius 1 is 1.35 bits per heavy atom. The fourth-order valence-corrected chi connectivity index (χ4v) is 1.52. The van der Waals surface area contributed by atoms with E-state index in [-0.39, 0.29) is 5.91 Å². The first-order chi connectivity index (χ1) is 8.26. The summed E-state index contributed by atoms with van der Waals surface area (Å²) in [5, 5.41) is 5.92. The van der Waals surface area contributed by atoms with Gasteiger partial charge < -0.3 is 15.4 Å². The minimum absolute atomic E-state index is 0.0503. The van der Waals surface area contributed by atoms with Crippen LogP contribution in [0.3, 0.4) is 0 Å². The lowest BCUT2D eigenvalue weighted by molar-refractivity contribution is -0.120. The van der Waals surface area contributed by atoms with E-state index < -0.39 is 0 Å². The van der Waals surface area contributed by atoms with Gasteiger partial charge in [0.1, 0.15) is 5.75 Å². The Morgan fingerprint density at radius 3 is 2.88 bits per heavy atom. The third kappa shape index (κ3) is 5.36. The van der Waals surface area contributed by atoms with E-state index in [9.17, 15) is 4.79 Å². The van der Waals surface area contributed by atoms with Gasteiger partial charge in [-0.25, -0.2) is 0 Å². The van der Waals surface area contributed by atoms with Crippen molar-refractivity contribution in [2.75, 3.05) is 27.2 Å². The van der Waals surface area contributed by atoms with Crippen molar-refractivity contribution in [2.24, 2.45) is 0 Å². The molecule has 1 aromatic rings. The van der Waals surface area contributed by atoms with Crippen molar-refractivity contribution in [3.8, 4) is 5.75 Å². The van der Waals surface area contributed by atoms with Gasteiger partial charge in [-0.05, 0) is 37.7 Å². The lowest BCUT2D eigenvalue weighted by Crippen LogP contribution is -2.27. The predicted molar refractivity (Wildman–Crippen MR) is 68.3 cm³/mol. The number of carbonyl (C=O) groups is 1. The molecule has 4 nitrogen and oxygen atoms in total. The highest BCUT2D eigenvalue weighted by molar-refractivity contribution is 5.78. The largest absolute Gasteiger partial charge is 0.497 e. The smallest absolute Gasteiger partial charge is 0.224 e. The molecule has 0 atom stereocenters. The third-order valence-corrected chi connectivity index (χ3v) is 2.42. The van der Waals surface area contributed by atoms with Gasteiger partial charge in [0.15, 0.2) is 0 Å². The van der Waals surface area contributed by atoms with Crippen LogP contribution in [0.5, 0.6) is 5.75 Å². The standard InChI is InChI=1S/C13H20N2O2/c1-14-7-4-8-15-13(16)10-11-5-3-6-12(9-11)17-2/h3,5-6,9,14H,4,7-8,10H2,1-2H3,(H,15,16). The number of rotatable bonds is 7. The number of carbonyl (C=O) groups excluding carboxylic acids is 1. The van der Waals surface area contributed by atoms with Crippen LogP contribution >= 0.6 is 0 Å². The van der Waals surface area contributed by atoms with Crippen molar-refractivity contribution in [3.05, 3.63) is 29.8 Å². The molecule has 0 spiro atoms. The molecule has 0 aliphatic carbocycles. The molecule has 0 saturated carbocycles. The van der Waals surface area contributed by atoms with Crippen LogP contribution in [0.25, 0.3) is 0 Å². The van der Waals surface area contributed by atoms with E-state index in [0.717, 1.165) is 24.3 Å². The molecule has 1 amide bonds. The normalized spacial score (nSPS) is 10.0. The first-order valence-corrected chi connectivity index (χ1v) is 5.80. The summed E-state index contributed by atoms with van der Waals surface area (Å²) in [6, 6.07) is 7.57. The van der Waals surface area contributed by atoms with Gasteiger partial charge in [0.2, 0.25) is 5.91 Å². The van der Waals surface area contributed by atoms with Gasteiger partial charge in [0, 0.05) is 6.54 Å². The molecule has 0 aromatic heterocycles. The van der Waals surface area contributed by atoms with Gasteiger partial charge in [-0.1, -0.05) is 12.1 Å². The summed E-state index contributed by atoms with van der Waals surface area (Å²) >= 11 is 0. The number of benzene rings is 1.